The Balaban J connectivity index is 2.96. The van der Waals surface area contributed by atoms with E-state index in [2.05, 4.69) is 0 Å². The van der Waals surface area contributed by atoms with Crippen molar-refractivity contribution in [1.82, 2.24) is 0 Å². The van der Waals surface area contributed by atoms with E-state index in [0.717, 1.165) is 12.1 Å². The summed E-state index contributed by atoms with van der Waals surface area (Å²) in [4.78, 5) is 0. The molecule has 72 valence electrons. The van der Waals surface area contributed by atoms with Crippen LogP contribution in [0.15, 0.2) is 12.1 Å². The molecule has 0 aromatic heterocycles. The van der Waals surface area contributed by atoms with Gasteiger partial charge in [0.2, 0.25) is 0 Å². The highest BCUT2D eigenvalue weighted by atomic mass is 35.5. The van der Waals surface area contributed by atoms with Crippen LogP contribution in [-0.4, -0.2) is 6.61 Å². The van der Waals surface area contributed by atoms with Gasteiger partial charge in [-0.25, -0.2) is 8.78 Å². The molecule has 0 bridgehead atoms. The van der Waals surface area contributed by atoms with Crippen LogP contribution < -0.4 is 4.74 Å². The summed E-state index contributed by atoms with van der Waals surface area (Å²) in [7, 11) is 0. The Morgan fingerprint density at radius 2 is 2.08 bits per heavy atom. The van der Waals surface area contributed by atoms with Gasteiger partial charge < -0.3 is 4.74 Å². The molecule has 0 amide bonds. The molecular formula is C9H9ClF2O. The molecule has 0 saturated carbocycles. The lowest BCUT2D eigenvalue weighted by atomic mass is 10.3. The molecule has 0 fully saturated rings. The number of hydrogen-bond acceptors (Lipinski definition) is 1. The molecule has 1 aromatic carbocycles. The molecule has 0 N–H and O–H groups in total. The van der Waals surface area contributed by atoms with Crippen molar-refractivity contribution in [3.63, 3.8) is 0 Å². The van der Waals surface area contributed by atoms with Crippen LogP contribution in [0.3, 0.4) is 0 Å². The lowest BCUT2D eigenvalue weighted by molar-refractivity contribution is 0.285. The van der Waals surface area contributed by atoms with Gasteiger partial charge in [-0.3, -0.25) is 0 Å². The molecule has 0 unspecified atom stereocenters. The minimum Gasteiger partial charge on any atom is -0.488 e. The Morgan fingerprint density at radius 1 is 1.38 bits per heavy atom. The molecule has 0 aliphatic carbocycles. The molecule has 0 spiro atoms. The number of halogens is 3. The second-order valence-corrected chi connectivity index (χ2v) is 2.93. The Kier molecular flexibility index (Phi) is 3.48. The molecule has 0 saturated heterocycles. The average molecular weight is 207 g/mol. The van der Waals surface area contributed by atoms with Crippen LogP contribution in [0, 0.1) is 11.6 Å². The summed E-state index contributed by atoms with van der Waals surface area (Å²) in [5, 5.41) is -0.132. The van der Waals surface area contributed by atoms with E-state index in [4.69, 9.17) is 16.3 Å². The van der Waals surface area contributed by atoms with Crippen LogP contribution in [0.1, 0.15) is 13.3 Å². The first kappa shape index (κ1) is 10.3. The molecule has 1 nitrogen and oxygen atoms in total. The summed E-state index contributed by atoms with van der Waals surface area (Å²) in [6, 6.07) is 2.24. The van der Waals surface area contributed by atoms with Crippen molar-refractivity contribution in [2.24, 2.45) is 0 Å². The van der Waals surface area contributed by atoms with Crippen molar-refractivity contribution in [2.45, 2.75) is 13.3 Å². The smallest absolute Gasteiger partial charge is 0.192 e. The molecule has 0 atom stereocenters. The molecule has 13 heavy (non-hydrogen) atoms. The predicted octanol–water partition coefficient (Wildman–Crippen LogP) is 3.41. The monoisotopic (exact) mass is 206 g/mol. The van der Waals surface area contributed by atoms with Gasteiger partial charge in [0.25, 0.3) is 0 Å². The van der Waals surface area contributed by atoms with E-state index < -0.39 is 17.4 Å². The van der Waals surface area contributed by atoms with Crippen molar-refractivity contribution >= 4 is 11.6 Å². The van der Waals surface area contributed by atoms with Gasteiger partial charge in [0.05, 0.1) is 11.6 Å². The highest BCUT2D eigenvalue weighted by Crippen LogP contribution is 2.27. The van der Waals surface area contributed by atoms with Gasteiger partial charge in [0.1, 0.15) is 0 Å². The Morgan fingerprint density at radius 3 is 2.69 bits per heavy atom. The number of hydrogen-bond donors (Lipinski definition) is 0. The van der Waals surface area contributed by atoms with E-state index in [9.17, 15) is 8.78 Å². The van der Waals surface area contributed by atoms with Crippen LogP contribution >= 0.6 is 11.6 Å². The average Bonchev–Trinajstić information content (AvgIpc) is 2.12. The molecule has 1 rings (SSSR count). The molecule has 0 heterocycles. The summed E-state index contributed by atoms with van der Waals surface area (Å²) in [5.41, 5.74) is 0. The SMILES string of the molecule is CCCOc1c(F)ccc(Cl)c1F. The summed E-state index contributed by atoms with van der Waals surface area (Å²) in [6.45, 7) is 2.12. The largest absolute Gasteiger partial charge is 0.488 e. The first-order chi connectivity index (χ1) is 6.16. The fourth-order valence-electron chi connectivity index (χ4n) is 0.845. The van der Waals surface area contributed by atoms with E-state index >= 15 is 0 Å². The summed E-state index contributed by atoms with van der Waals surface area (Å²) in [6.07, 6.45) is 0.686. The third-order valence-electron chi connectivity index (χ3n) is 1.45. The molecule has 0 radical (unpaired) electrons. The van der Waals surface area contributed by atoms with Crippen molar-refractivity contribution in [2.75, 3.05) is 6.61 Å². The van der Waals surface area contributed by atoms with Crippen LogP contribution in [0.5, 0.6) is 5.75 Å². The second-order valence-electron chi connectivity index (χ2n) is 2.52. The first-order valence-electron chi connectivity index (χ1n) is 3.93. The highest BCUT2D eigenvalue weighted by molar-refractivity contribution is 6.30. The van der Waals surface area contributed by atoms with E-state index in [-0.39, 0.29) is 11.6 Å². The van der Waals surface area contributed by atoms with Gasteiger partial charge in [0.15, 0.2) is 17.4 Å². The maximum absolute atomic E-state index is 13.1. The minimum atomic E-state index is -0.838. The fraction of sp³-hybridized carbons (Fsp3) is 0.333. The lowest BCUT2D eigenvalue weighted by Crippen LogP contribution is -2.00. The van der Waals surface area contributed by atoms with E-state index in [0.29, 0.717) is 6.42 Å². The number of benzene rings is 1. The highest BCUT2D eigenvalue weighted by Gasteiger charge is 2.13. The summed E-state index contributed by atoms with van der Waals surface area (Å²) in [5.74, 6) is -1.96. The van der Waals surface area contributed by atoms with Crippen molar-refractivity contribution < 1.29 is 13.5 Å². The zero-order valence-corrected chi connectivity index (χ0v) is 7.87. The lowest BCUT2D eigenvalue weighted by Gasteiger charge is -2.07. The quantitative estimate of drug-likeness (QED) is 0.689. The molecule has 4 heteroatoms. The maximum atomic E-state index is 13.1. The van der Waals surface area contributed by atoms with Gasteiger partial charge in [-0.05, 0) is 18.6 Å². The predicted molar refractivity (Wildman–Crippen MR) is 47.2 cm³/mol. The van der Waals surface area contributed by atoms with Gasteiger partial charge >= 0.3 is 0 Å². The third kappa shape index (κ3) is 2.31. The van der Waals surface area contributed by atoms with Gasteiger partial charge in [-0.2, -0.15) is 0 Å². The van der Waals surface area contributed by atoms with Crippen molar-refractivity contribution in [1.29, 1.82) is 0 Å². The fourth-order valence-corrected chi connectivity index (χ4v) is 0.994. The van der Waals surface area contributed by atoms with E-state index in [1.54, 1.807) is 0 Å². The summed E-state index contributed by atoms with van der Waals surface area (Å²) < 4.78 is 30.9. The first-order valence-corrected chi connectivity index (χ1v) is 4.31. The van der Waals surface area contributed by atoms with Gasteiger partial charge in [0, 0.05) is 0 Å². The van der Waals surface area contributed by atoms with Crippen LogP contribution in [0.2, 0.25) is 5.02 Å². The van der Waals surface area contributed by atoms with Crippen LogP contribution in [0.4, 0.5) is 8.78 Å². The van der Waals surface area contributed by atoms with Crippen LogP contribution in [0.25, 0.3) is 0 Å². The van der Waals surface area contributed by atoms with E-state index in [1.165, 1.54) is 0 Å². The minimum absolute atomic E-state index is 0.132. The Labute approximate surface area is 80.3 Å². The molecule has 0 aliphatic heterocycles. The van der Waals surface area contributed by atoms with Gasteiger partial charge in [-0.1, -0.05) is 18.5 Å². The zero-order chi connectivity index (χ0) is 9.84. The van der Waals surface area contributed by atoms with Crippen molar-refractivity contribution in [3.05, 3.63) is 28.8 Å². The third-order valence-corrected chi connectivity index (χ3v) is 1.74. The molecular weight excluding hydrogens is 198 g/mol. The van der Waals surface area contributed by atoms with E-state index in [1.807, 2.05) is 6.92 Å². The zero-order valence-electron chi connectivity index (χ0n) is 7.11. The topological polar surface area (TPSA) is 9.23 Å². The molecule has 1 aromatic rings. The normalized spacial score (nSPS) is 10.2. The maximum Gasteiger partial charge on any atom is 0.192 e. The summed E-state index contributed by atoms with van der Waals surface area (Å²) >= 11 is 5.44. The Hall–Kier alpha value is -0.830. The van der Waals surface area contributed by atoms with Crippen molar-refractivity contribution in [3.8, 4) is 5.75 Å². The Bertz CT molecular complexity index is 302. The number of ether oxygens (including phenoxy) is 1. The standard InChI is InChI=1S/C9H9ClF2O/c1-2-5-13-9-7(11)4-3-6(10)8(9)12/h3-4H,2,5H2,1H3. The molecule has 0 aliphatic rings. The van der Waals surface area contributed by atoms with Crippen LogP contribution in [-0.2, 0) is 0 Å². The second kappa shape index (κ2) is 4.42. The number of rotatable bonds is 3. The van der Waals surface area contributed by atoms with Gasteiger partial charge in [-0.15, -0.1) is 0 Å².